The van der Waals surface area contributed by atoms with Gasteiger partial charge in [0.2, 0.25) is 0 Å². The molecule has 2 aromatic carbocycles. The second-order valence-electron chi connectivity index (χ2n) is 6.56. The molecule has 0 spiro atoms. The van der Waals surface area contributed by atoms with Crippen LogP contribution in [0.3, 0.4) is 0 Å². The Hall–Kier alpha value is -2.10. The lowest BCUT2D eigenvalue weighted by Crippen LogP contribution is -2.18. The molecule has 0 fully saturated rings. The number of thiophene rings is 1. The van der Waals surface area contributed by atoms with Gasteiger partial charge in [-0.05, 0) is 48.5 Å². The number of hydrogen-bond donors (Lipinski definition) is 2. The van der Waals surface area contributed by atoms with Crippen molar-refractivity contribution in [3.05, 3.63) is 78.9 Å². The van der Waals surface area contributed by atoms with Gasteiger partial charge in [-0.25, -0.2) is 8.42 Å². The minimum atomic E-state index is -3.28. The third-order valence-corrected chi connectivity index (χ3v) is 6.97. The van der Waals surface area contributed by atoms with Gasteiger partial charge >= 0.3 is 0 Å². The molecule has 0 bridgehead atoms. The van der Waals surface area contributed by atoms with E-state index in [1.165, 1.54) is 24.3 Å². The summed E-state index contributed by atoms with van der Waals surface area (Å²) in [5.41, 5.74) is 0.869. The van der Waals surface area contributed by atoms with Crippen molar-refractivity contribution in [2.24, 2.45) is 0 Å². The summed E-state index contributed by atoms with van der Waals surface area (Å²) in [6, 6.07) is 12.4. The highest BCUT2D eigenvalue weighted by molar-refractivity contribution is 7.90. The zero-order valence-electron chi connectivity index (χ0n) is 15.9. The first-order valence-corrected chi connectivity index (χ1v) is 12.7. The van der Waals surface area contributed by atoms with Gasteiger partial charge in [0.1, 0.15) is 4.88 Å². The van der Waals surface area contributed by atoms with Crippen LogP contribution in [0.25, 0.3) is 0 Å². The summed E-state index contributed by atoms with van der Waals surface area (Å²) >= 11 is 19.0. The van der Waals surface area contributed by atoms with Crippen LogP contribution in [0.2, 0.25) is 15.1 Å². The van der Waals surface area contributed by atoms with E-state index in [1.54, 1.807) is 24.3 Å². The molecule has 3 aromatic rings. The van der Waals surface area contributed by atoms with Crippen molar-refractivity contribution in [3.63, 3.8) is 0 Å². The predicted molar refractivity (Wildman–Crippen MR) is 127 cm³/mol. The fourth-order valence-corrected chi connectivity index (χ4v) is 5.54. The van der Waals surface area contributed by atoms with Crippen LogP contribution in [0.5, 0.6) is 0 Å². The van der Waals surface area contributed by atoms with Gasteiger partial charge in [-0.3, -0.25) is 9.59 Å². The Morgan fingerprint density at radius 1 is 0.903 bits per heavy atom. The lowest BCUT2D eigenvalue weighted by atomic mass is 10.1. The number of halogens is 3. The zero-order chi connectivity index (χ0) is 22.8. The summed E-state index contributed by atoms with van der Waals surface area (Å²) in [6.07, 6.45) is 1.10. The first-order chi connectivity index (χ1) is 14.5. The van der Waals surface area contributed by atoms with Gasteiger partial charge in [0.15, 0.2) is 9.84 Å². The highest BCUT2D eigenvalue weighted by atomic mass is 35.5. The minimum absolute atomic E-state index is 0.127. The van der Waals surface area contributed by atoms with Gasteiger partial charge in [-0.1, -0.05) is 34.8 Å². The van der Waals surface area contributed by atoms with Crippen molar-refractivity contribution < 1.29 is 18.0 Å². The van der Waals surface area contributed by atoms with Crippen molar-refractivity contribution in [2.45, 2.75) is 5.75 Å². The second kappa shape index (κ2) is 9.58. The maximum atomic E-state index is 12.8. The SMILES string of the molecule is CS(=O)(=O)Cc1cc(Cl)c(C(=O)Nc2ccc(Cl)cc2C(=O)Nc2ccc(Cl)cc2)s1. The van der Waals surface area contributed by atoms with E-state index >= 15 is 0 Å². The lowest BCUT2D eigenvalue weighted by molar-refractivity contribution is 0.102. The quantitative estimate of drug-likeness (QED) is 0.435. The van der Waals surface area contributed by atoms with E-state index < -0.39 is 21.7 Å². The van der Waals surface area contributed by atoms with E-state index in [4.69, 9.17) is 34.8 Å². The Morgan fingerprint density at radius 3 is 2.19 bits per heavy atom. The molecule has 2 N–H and O–H groups in total. The van der Waals surface area contributed by atoms with E-state index in [9.17, 15) is 18.0 Å². The summed E-state index contributed by atoms with van der Waals surface area (Å²) in [5.74, 6) is -1.28. The Bertz CT molecular complexity index is 1260. The number of carbonyl (C=O) groups excluding carboxylic acids is 2. The third kappa shape index (κ3) is 6.44. The van der Waals surface area contributed by atoms with Crippen molar-refractivity contribution in [2.75, 3.05) is 16.9 Å². The molecule has 0 unspecified atom stereocenters. The zero-order valence-corrected chi connectivity index (χ0v) is 19.8. The number of amides is 2. The number of hydrogen-bond acceptors (Lipinski definition) is 5. The van der Waals surface area contributed by atoms with Crippen molar-refractivity contribution in [1.82, 2.24) is 0 Å². The number of rotatable bonds is 6. The first kappa shape index (κ1) is 23.6. The Balaban J connectivity index is 1.84. The summed E-state index contributed by atoms with van der Waals surface area (Å²) < 4.78 is 23.0. The fraction of sp³-hybridized carbons (Fsp3) is 0.100. The highest BCUT2D eigenvalue weighted by Crippen LogP contribution is 2.30. The van der Waals surface area contributed by atoms with Gasteiger partial charge in [0, 0.05) is 26.9 Å². The van der Waals surface area contributed by atoms with Crippen molar-refractivity contribution in [3.8, 4) is 0 Å². The predicted octanol–water partition coefficient (Wildman–Crippen LogP) is 5.76. The molecule has 2 amide bonds. The van der Waals surface area contributed by atoms with Gasteiger partial charge < -0.3 is 10.6 Å². The molecule has 3 rings (SSSR count). The number of sulfone groups is 1. The summed E-state index contributed by atoms with van der Waals surface area (Å²) in [4.78, 5) is 26.1. The minimum Gasteiger partial charge on any atom is -0.322 e. The average molecular weight is 518 g/mol. The third-order valence-electron chi connectivity index (χ3n) is 3.92. The maximum Gasteiger partial charge on any atom is 0.267 e. The molecule has 6 nitrogen and oxygen atoms in total. The molecular weight excluding hydrogens is 503 g/mol. The van der Waals surface area contributed by atoms with E-state index in [-0.39, 0.29) is 26.9 Å². The first-order valence-electron chi connectivity index (χ1n) is 8.65. The summed E-state index contributed by atoms with van der Waals surface area (Å²) in [7, 11) is -3.28. The van der Waals surface area contributed by atoms with Crippen molar-refractivity contribution >= 4 is 79.2 Å². The number of carbonyl (C=O) groups is 2. The molecule has 0 aliphatic rings. The van der Waals surface area contributed by atoms with Gasteiger partial charge in [-0.15, -0.1) is 11.3 Å². The standard InChI is InChI=1S/C20H15Cl3N2O4S2/c1-31(28,29)10-14-9-16(23)18(30-14)20(27)25-17-7-4-12(22)8-15(17)19(26)24-13-5-2-11(21)3-6-13/h2-9H,10H2,1H3,(H,24,26)(H,25,27). The summed E-state index contributed by atoms with van der Waals surface area (Å²) in [5, 5.41) is 6.31. The van der Waals surface area contributed by atoms with E-state index in [2.05, 4.69) is 10.6 Å². The molecule has 162 valence electrons. The number of benzene rings is 2. The number of nitrogens with one attached hydrogen (secondary N) is 2. The number of anilines is 2. The Labute approximate surface area is 198 Å². The molecule has 0 saturated carbocycles. The largest absolute Gasteiger partial charge is 0.322 e. The van der Waals surface area contributed by atoms with E-state index in [1.807, 2.05) is 0 Å². The van der Waals surface area contributed by atoms with Gasteiger partial charge in [0.25, 0.3) is 11.8 Å². The molecular formula is C20H15Cl3N2O4S2. The Kier molecular flexibility index (Phi) is 7.28. The molecule has 0 aliphatic heterocycles. The van der Waals surface area contributed by atoms with Crippen LogP contribution in [-0.2, 0) is 15.6 Å². The lowest BCUT2D eigenvalue weighted by Gasteiger charge is -2.12. The van der Waals surface area contributed by atoms with Crippen LogP contribution in [-0.4, -0.2) is 26.5 Å². The van der Waals surface area contributed by atoms with Gasteiger partial charge in [0.05, 0.1) is 22.0 Å². The smallest absolute Gasteiger partial charge is 0.267 e. The van der Waals surface area contributed by atoms with Crippen LogP contribution in [0, 0.1) is 0 Å². The van der Waals surface area contributed by atoms with E-state index in [0.717, 1.165) is 17.6 Å². The molecule has 1 aromatic heterocycles. The molecule has 31 heavy (non-hydrogen) atoms. The Morgan fingerprint density at radius 2 is 1.55 bits per heavy atom. The molecule has 11 heteroatoms. The second-order valence-corrected chi connectivity index (χ2v) is 11.1. The molecule has 0 aliphatic carbocycles. The normalized spacial score (nSPS) is 11.2. The van der Waals surface area contributed by atoms with Crippen LogP contribution in [0.1, 0.15) is 24.9 Å². The fourth-order valence-electron chi connectivity index (χ4n) is 2.62. The van der Waals surface area contributed by atoms with Crippen molar-refractivity contribution in [1.29, 1.82) is 0 Å². The molecule has 1 heterocycles. The van der Waals surface area contributed by atoms with Crippen LogP contribution in [0.15, 0.2) is 48.5 Å². The van der Waals surface area contributed by atoms with E-state index in [0.29, 0.717) is 20.6 Å². The van der Waals surface area contributed by atoms with Gasteiger partial charge in [-0.2, -0.15) is 0 Å². The average Bonchev–Trinajstić information content (AvgIpc) is 3.03. The van der Waals surface area contributed by atoms with Crippen LogP contribution >= 0.6 is 46.1 Å². The van der Waals surface area contributed by atoms with Crippen LogP contribution < -0.4 is 10.6 Å². The molecule has 0 atom stereocenters. The van der Waals surface area contributed by atoms with Crippen LogP contribution in [0.4, 0.5) is 11.4 Å². The monoisotopic (exact) mass is 516 g/mol. The maximum absolute atomic E-state index is 12.8. The highest BCUT2D eigenvalue weighted by Gasteiger charge is 2.20. The molecule has 0 radical (unpaired) electrons. The molecule has 0 saturated heterocycles. The summed E-state index contributed by atoms with van der Waals surface area (Å²) in [6.45, 7) is 0. The topological polar surface area (TPSA) is 92.3 Å².